The van der Waals surface area contributed by atoms with Crippen molar-refractivity contribution < 1.29 is 4.42 Å². The summed E-state index contributed by atoms with van der Waals surface area (Å²) in [6.45, 7) is 0. The molecule has 2 nitrogen and oxygen atoms in total. The molecular formula is C12H16ClNO. The zero-order valence-electron chi connectivity index (χ0n) is 8.71. The highest BCUT2D eigenvalue weighted by molar-refractivity contribution is 6.28. The van der Waals surface area contributed by atoms with Gasteiger partial charge in [0, 0.05) is 0 Å². The largest absolute Gasteiger partial charge is 0.448 e. The molecule has 0 aliphatic heterocycles. The van der Waals surface area contributed by atoms with Gasteiger partial charge in [-0.25, -0.2) is 0 Å². The Hall–Kier alpha value is -0.730. The number of hydrogen-bond donors (Lipinski definition) is 1. The highest BCUT2D eigenvalue weighted by Gasteiger charge is 2.16. The number of halogens is 1. The highest BCUT2D eigenvalue weighted by atomic mass is 35.5. The molecule has 1 aliphatic rings. The van der Waals surface area contributed by atoms with Gasteiger partial charge in [0.15, 0.2) is 5.22 Å². The Morgan fingerprint density at radius 2 is 2.13 bits per heavy atom. The van der Waals surface area contributed by atoms with E-state index in [1.807, 2.05) is 6.07 Å². The normalized spacial score (nSPS) is 19.5. The third-order valence-corrected chi connectivity index (χ3v) is 3.08. The fraction of sp³-hybridized carbons (Fsp3) is 0.500. The van der Waals surface area contributed by atoms with Crippen molar-refractivity contribution >= 4 is 11.6 Å². The quantitative estimate of drug-likeness (QED) is 0.778. The predicted octanol–water partition coefficient (Wildman–Crippen LogP) is 3.82. The maximum atomic E-state index is 6.13. The van der Waals surface area contributed by atoms with Gasteiger partial charge in [-0.15, -0.1) is 0 Å². The first-order valence-electron chi connectivity index (χ1n) is 5.47. The molecule has 2 rings (SSSR count). The number of allylic oxidation sites excluding steroid dienone is 1. The van der Waals surface area contributed by atoms with Gasteiger partial charge >= 0.3 is 0 Å². The maximum Gasteiger partial charge on any atom is 0.193 e. The lowest BCUT2D eigenvalue weighted by molar-refractivity contribution is 0.483. The summed E-state index contributed by atoms with van der Waals surface area (Å²) in [5.74, 6) is 0.771. The first kappa shape index (κ1) is 10.8. The minimum atomic E-state index is -0.115. The van der Waals surface area contributed by atoms with Crippen LogP contribution in [0.3, 0.4) is 0 Å². The predicted molar refractivity (Wildman–Crippen MR) is 61.8 cm³/mol. The summed E-state index contributed by atoms with van der Waals surface area (Å²) in [6, 6.07) is 3.49. The highest BCUT2D eigenvalue weighted by Crippen LogP contribution is 2.29. The standard InChI is InChI=1S/C12H16ClNO/c13-11-8-7-10(15-11)12(14)9-5-3-1-2-4-6-9/h5,7-8,12H,1-4,6,14H2. The lowest BCUT2D eigenvalue weighted by atomic mass is 10.0. The molecule has 82 valence electrons. The zero-order chi connectivity index (χ0) is 10.7. The minimum absolute atomic E-state index is 0.115. The van der Waals surface area contributed by atoms with Gasteiger partial charge in [-0.2, -0.15) is 0 Å². The third kappa shape index (κ3) is 2.64. The summed E-state index contributed by atoms with van der Waals surface area (Å²) < 4.78 is 5.34. The van der Waals surface area contributed by atoms with Crippen LogP contribution < -0.4 is 5.73 Å². The summed E-state index contributed by atoms with van der Waals surface area (Å²) in [5, 5.41) is 0.412. The van der Waals surface area contributed by atoms with E-state index >= 15 is 0 Å². The van der Waals surface area contributed by atoms with Crippen LogP contribution in [0.15, 0.2) is 28.2 Å². The van der Waals surface area contributed by atoms with E-state index < -0.39 is 0 Å². The smallest absolute Gasteiger partial charge is 0.193 e. The number of rotatable bonds is 2. The van der Waals surface area contributed by atoms with Crippen molar-refractivity contribution in [3.63, 3.8) is 0 Å². The topological polar surface area (TPSA) is 39.2 Å². The van der Waals surface area contributed by atoms with Crippen LogP contribution in [0.1, 0.15) is 43.9 Å². The fourth-order valence-corrected chi connectivity index (χ4v) is 2.15. The van der Waals surface area contributed by atoms with Crippen LogP contribution in [0.25, 0.3) is 0 Å². The Morgan fingerprint density at radius 1 is 1.27 bits per heavy atom. The third-order valence-electron chi connectivity index (χ3n) is 2.88. The molecule has 0 fully saturated rings. The van der Waals surface area contributed by atoms with Crippen molar-refractivity contribution in [1.82, 2.24) is 0 Å². The number of nitrogens with two attached hydrogens (primary N) is 1. The molecule has 1 heterocycles. The molecule has 0 spiro atoms. The Labute approximate surface area is 95.1 Å². The lowest BCUT2D eigenvalue weighted by Gasteiger charge is -2.12. The Kier molecular flexibility index (Phi) is 3.49. The van der Waals surface area contributed by atoms with Gasteiger partial charge in [-0.3, -0.25) is 0 Å². The summed E-state index contributed by atoms with van der Waals surface area (Å²) in [5.41, 5.74) is 7.42. The minimum Gasteiger partial charge on any atom is -0.448 e. The second kappa shape index (κ2) is 4.86. The Bertz CT molecular complexity index is 356. The molecule has 1 aromatic heterocycles. The lowest BCUT2D eigenvalue weighted by Crippen LogP contribution is -2.12. The average molecular weight is 226 g/mol. The molecule has 1 aliphatic carbocycles. The summed E-state index contributed by atoms with van der Waals surface area (Å²) in [4.78, 5) is 0. The van der Waals surface area contributed by atoms with Crippen LogP contribution in [0, 0.1) is 0 Å². The SMILES string of the molecule is NC(C1=CCCCCC1)c1ccc(Cl)o1. The molecule has 15 heavy (non-hydrogen) atoms. The maximum absolute atomic E-state index is 6.13. The average Bonchev–Trinajstić information content (AvgIpc) is 2.53. The van der Waals surface area contributed by atoms with Crippen molar-refractivity contribution in [2.75, 3.05) is 0 Å². The van der Waals surface area contributed by atoms with Crippen LogP contribution in [0.2, 0.25) is 5.22 Å². The summed E-state index contributed by atoms with van der Waals surface area (Å²) in [6.07, 6.45) is 8.28. The molecule has 0 bridgehead atoms. The summed E-state index contributed by atoms with van der Waals surface area (Å²) in [7, 11) is 0. The van der Waals surface area contributed by atoms with Crippen molar-refractivity contribution in [1.29, 1.82) is 0 Å². The van der Waals surface area contributed by atoms with E-state index in [9.17, 15) is 0 Å². The second-order valence-electron chi connectivity index (χ2n) is 4.00. The van der Waals surface area contributed by atoms with E-state index in [1.54, 1.807) is 6.07 Å². The molecule has 0 amide bonds. The number of furan rings is 1. The van der Waals surface area contributed by atoms with E-state index in [4.69, 9.17) is 21.8 Å². The van der Waals surface area contributed by atoms with E-state index in [-0.39, 0.29) is 6.04 Å². The molecule has 1 aromatic rings. The second-order valence-corrected chi connectivity index (χ2v) is 4.37. The van der Waals surface area contributed by atoms with Gasteiger partial charge in [0.1, 0.15) is 5.76 Å². The monoisotopic (exact) mass is 225 g/mol. The van der Waals surface area contributed by atoms with E-state index in [0.717, 1.165) is 18.6 Å². The molecule has 0 saturated heterocycles. The molecule has 1 atom stereocenters. The molecule has 1 unspecified atom stereocenters. The fourth-order valence-electron chi connectivity index (χ4n) is 2.00. The van der Waals surface area contributed by atoms with Gasteiger partial charge in [-0.05, 0) is 55.0 Å². The Morgan fingerprint density at radius 3 is 2.87 bits per heavy atom. The first-order valence-corrected chi connectivity index (χ1v) is 5.85. The van der Waals surface area contributed by atoms with Crippen molar-refractivity contribution in [3.05, 3.63) is 34.8 Å². The van der Waals surface area contributed by atoms with Crippen molar-refractivity contribution in [3.8, 4) is 0 Å². The zero-order valence-corrected chi connectivity index (χ0v) is 9.46. The van der Waals surface area contributed by atoms with Crippen LogP contribution in [-0.2, 0) is 0 Å². The molecule has 3 heteroatoms. The van der Waals surface area contributed by atoms with Crippen LogP contribution >= 0.6 is 11.6 Å². The summed E-state index contributed by atoms with van der Waals surface area (Å²) >= 11 is 5.73. The van der Waals surface area contributed by atoms with Gasteiger partial charge in [0.05, 0.1) is 6.04 Å². The molecule has 0 aromatic carbocycles. The van der Waals surface area contributed by atoms with Crippen LogP contribution in [0.4, 0.5) is 0 Å². The first-order chi connectivity index (χ1) is 7.27. The Balaban J connectivity index is 2.12. The van der Waals surface area contributed by atoms with Crippen molar-refractivity contribution in [2.24, 2.45) is 5.73 Å². The van der Waals surface area contributed by atoms with Crippen LogP contribution in [-0.4, -0.2) is 0 Å². The molecule has 0 radical (unpaired) electrons. The molecule has 0 saturated carbocycles. The van der Waals surface area contributed by atoms with Crippen LogP contribution in [0.5, 0.6) is 0 Å². The molecular weight excluding hydrogens is 210 g/mol. The van der Waals surface area contributed by atoms with E-state index in [1.165, 1.54) is 24.8 Å². The van der Waals surface area contributed by atoms with E-state index in [0.29, 0.717) is 5.22 Å². The van der Waals surface area contributed by atoms with E-state index in [2.05, 4.69) is 6.08 Å². The molecule has 2 N–H and O–H groups in total. The van der Waals surface area contributed by atoms with Crippen molar-refractivity contribution in [2.45, 2.75) is 38.1 Å². The van der Waals surface area contributed by atoms with Gasteiger partial charge in [0.2, 0.25) is 0 Å². The van der Waals surface area contributed by atoms with Gasteiger partial charge in [-0.1, -0.05) is 12.5 Å². The van der Waals surface area contributed by atoms with Gasteiger partial charge in [0.25, 0.3) is 0 Å². The number of hydrogen-bond acceptors (Lipinski definition) is 2. The van der Waals surface area contributed by atoms with Gasteiger partial charge < -0.3 is 10.2 Å².